The quantitative estimate of drug-likeness (QED) is 0.349. The average Bonchev–Trinajstić information content (AvgIpc) is 3.24. The van der Waals surface area contributed by atoms with E-state index in [0.29, 0.717) is 22.1 Å². The zero-order chi connectivity index (χ0) is 21.8. The number of hydrogen-bond donors (Lipinski definition) is 3. The van der Waals surface area contributed by atoms with E-state index < -0.39 is 0 Å². The SMILES string of the molecule is CC(=O)c1c(Cl)cccc1/C=C(\Nc1ccccc1)C(C)Nc1ncnc2nc[nH]c12. The molecule has 0 aliphatic heterocycles. The highest BCUT2D eigenvalue weighted by Crippen LogP contribution is 2.25. The summed E-state index contributed by atoms with van der Waals surface area (Å²) in [6, 6.07) is 15.0. The van der Waals surface area contributed by atoms with Crippen molar-refractivity contribution < 1.29 is 4.79 Å². The second kappa shape index (κ2) is 8.97. The van der Waals surface area contributed by atoms with Crippen molar-refractivity contribution in [2.75, 3.05) is 10.6 Å². The van der Waals surface area contributed by atoms with Crippen molar-refractivity contribution in [3.8, 4) is 0 Å². The van der Waals surface area contributed by atoms with Gasteiger partial charge in [-0.3, -0.25) is 4.79 Å². The number of anilines is 2. The van der Waals surface area contributed by atoms with Crippen LogP contribution in [0.2, 0.25) is 5.02 Å². The van der Waals surface area contributed by atoms with Gasteiger partial charge in [-0.1, -0.05) is 41.9 Å². The topological polar surface area (TPSA) is 95.6 Å². The van der Waals surface area contributed by atoms with E-state index in [9.17, 15) is 4.79 Å². The largest absolute Gasteiger partial charge is 0.360 e. The second-order valence-electron chi connectivity index (χ2n) is 7.04. The van der Waals surface area contributed by atoms with Gasteiger partial charge >= 0.3 is 0 Å². The highest BCUT2D eigenvalue weighted by molar-refractivity contribution is 6.34. The van der Waals surface area contributed by atoms with Gasteiger partial charge in [0.05, 0.1) is 17.4 Å². The number of aromatic amines is 1. The number of rotatable bonds is 7. The Morgan fingerprint density at radius 2 is 1.90 bits per heavy atom. The molecule has 0 saturated heterocycles. The van der Waals surface area contributed by atoms with Crippen molar-refractivity contribution in [1.82, 2.24) is 19.9 Å². The lowest BCUT2D eigenvalue weighted by Crippen LogP contribution is -2.24. The maximum atomic E-state index is 12.2. The molecule has 1 unspecified atom stereocenters. The van der Waals surface area contributed by atoms with Gasteiger partial charge in [-0.2, -0.15) is 0 Å². The molecule has 1 atom stereocenters. The minimum Gasteiger partial charge on any atom is -0.360 e. The zero-order valence-electron chi connectivity index (χ0n) is 17.1. The Morgan fingerprint density at radius 3 is 2.68 bits per heavy atom. The molecule has 7 nitrogen and oxygen atoms in total. The number of hydrogen-bond acceptors (Lipinski definition) is 6. The van der Waals surface area contributed by atoms with E-state index in [-0.39, 0.29) is 11.8 Å². The summed E-state index contributed by atoms with van der Waals surface area (Å²) in [5, 5.41) is 7.28. The molecule has 156 valence electrons. The van der Waals surface area contributed by atoms with Crippen LogP contribution in [0.25, 0.3) is 17.2 Å². The van der Waals surface area contributed by atoms with Crippen LogP contribution in [0.5, 0.6) is 0 Å². The summed E-state index contributed by atoms with van der Waals surface area (Å²) in [6.45, 7) is 3.52. The Morgan fingerprint density at radius 1 is 1.10 bits per heavy atom. The van der Waals surface area contributed by atoms with Gasteiger partial charge in [0.1, 0.15) is 11.8 Å². The monoisotopic (exact) mass is 432 g/mol. The molecule has 0 fully saturated rings. The minimum atomic E-state index is -0.194. The summed E-state index contributed by atoms with van der Waals surface area (Å²) in [5.74, 6) is 0.542. The molecule has 0 radical (unpaired) electrons. The number of aromatic nitrogens is 4. The molecular formula is C23H21ClN6O. The predicted molar refractivity (Wildman–Crippen MR) is 124 cm³/mol. The van der Waals surface area contributed by atoms with Gasteiger partial charge in [0.25, 0.3) is 0 Å². The summed E-state index contributed by atoms with van der Waals surface area (Å²) in [4.78, 5) is 28.0. The van der Waals surface area contributed by atoms with Crippen LogP contribution in [0, 0.1) is 0 Å². The van der Waals surface area contributed by atoms with Crippen molar-refractivity contribution in [3.05, 3.63) is 83.0 Å². The lowest BCUT2D eigenvalue weighted by Gasteiger charge is -2.21. The van der Waals surface area contributed by atoms with E-state index >= 15 is 0 Å². The van der Waals surface area contributed by atoms with Crippen LogP contribution < -0.4 is 10.6 Å². The third kappa shape index (κ3) is 4.57. The Balaban J connectivity index is 1.74. The van der Waals surface area contributed by atoms with E-state index in [1.807, 2.05) is 55.5 Å². The van der Waals surface area contributed by atoms with Gasteiger partial charge in [0.15, 0.2) is 17.2 Å². The van der Waals surface area contributed by atoms with Gasteiger partial charge in [0.2, 0.25) is 0 Å². The Kier molecular flexibility index (Phi) is 5.95. The first-order valence-corrected chi connectivity index (χ1v) is 10.1. The summed E-state index contributed by atoms with van der Waals surface area (Å²) in [7, 11) is 0. The lowest BCUT2D eigenvalue weighted by atomic mass is 10.0. The number of carbonyl (C=O) groups excluding carboxylic acids is 1. The van der Waals surface area contributed by atoms with Crippen LogP contribution in [0.3, 0.4) is 0 Å². The number of nitrogens with zero attached hydrogens (tertiary/aromatic N) is 3. The first-order valence-electron chi connectivity index (χ1n) is 9.76. The van der Waals surface area contributed by atoms with Gasteiger partial charge < -0.3 is 15.6 Å². The standard InChI is InChI=1S/C23H21ClN6O/c1-14(29-23-21-22(26-12-25-21)27-13-28-23)19(30-17-8-4-3-5-9-17)11-16-7-6-10-18(24)20(16)15(2)31/h3-14,30H,1-2H3,(H2,25,26,27,28,29)/b19-11-. The summed E-state index contributed by atoms with van der Waals surface area (Å²) < 4.78 is 0. The van der Waals surface area contributed by atoms with Crippen LogP contribution in [0.4, 0.5) is 11.5 Å². The maximum absolute atomic E-state index is 12.2. The number of nitrogens with one attached hydrogen (secondary N) is 3. The summed E-state index contributed by atoms with van der Waals surface area (Å²) >= 11 is 6.32. The fourth-order valence-corrected chi connectivity index (χ4v) is 3.63. The van der Waals surface area contributed by atoms with Crippen LogP contribution in [-0.2, 0) is 0 Å². The van der Waals surface area contributed by atoms with E-state index in [1.165, 1.54) is 13.3 Å². The molecule has 31 heavy (non-hydrogen) atoms. The van der Waals surface area contributed by atoms with Crippen molar-refractivity contribution in [3.63, 3.8) is 0 Å². The number of para-hydroxylation sites is 1. The molecule has 3 N–H and O–H groups in total. The molecule has 0 aliphatic carbocycles. The van der Waals surface area contributed by atoms with Crippen LogP contribution >= 0.6 is 11.6 Å². The molecule has 2 aromatic heterocycles. The third-order valence-corrected chi connectivity index (χ3v) is 5.13. The molecule has 2 heterocycles. The van der Waals surface area contributed by atoms with Gasteiger partial charge in [-0.25, -0.2) is 15.0 Å². The molecule has 2 aromatic carbocycles. The van der Waals surface area contributed by atoms with Gasteiger partial charge in [-0.15, -0.1) is 0 Å². The molecule has 0 bridgehead atoms. The zero-order valence-corrected chi connectivity index (χ0v) is 17.8. The number of benzene rings is 2. The Labute approximate surface area is 184 Å². The summed E-state index contributed by atoms with van der Waals surface area (Å²) in [6.07, 6.45) is 4.98. The smallest absolute Gasteiger partial charge is 0.182 e. The number of Topliss-reactive ketones (excluding diaryl/α,β-unsaturated/α-hetero) is 1. The van der Waals surface area contributed by atoms with Gasteiger partial charge in [-0.05, 0) is 43.7 Å². The fraction of sp³-hybridized carbons (Fsp3) is 0.130. The Bertz CT molecular complexity index is 1250. The van der Waals surface area contributed by atoms with Crippen molar-refractivity contribution in [2.24, 2.45) is 0 Å². The fourth-order valence-electron chi connectivity index (χ4n) is 3.31. The normalized spacial score (nSPS) is 12.5. The molecule has 4 aromatic rings. The summed E-state index contributed by atoms with van der Waals surface area (Å²) in [5.41, 5.74) is 4.29. The molecule has 4 rings (SSSR count). The van der Waals surface area contributed by atoms with Gasteiger partial charge in [0, 0.05) is 16.9 Å². The molecule has 0 saturated carbocycles. The van der Waals surface area contributed by atoms with E-state index in [2.05, 4.69) is 30.6 Å². The van der Waals surface area contributed by atoms with E-state index in [0.717, 1.165) is 22.5 Å². The van der Waals surface area contributed by atoms with E-state index in [1.54, 1.807) is 12.4 Å². The van der Waals surface area contributed by atoms with Crippen molar-refractivity contribution >= 4 is 46.1 Å². The number of ketones is 1. The molecule has 8 heteroatoms. The Hall–Kier alpha value is -3.71. The molecule has 0 aliphatic rings. The number of halogens is 1. The lowest BCUT2D eigenvalue weighted by molar-refractivity contribution is 0.101. The average molecular weight is 433 g/mol. The minimum absolute atomic E-state index is 0.0912. The van der Waals surface area contributed by atoms with Crippen LogP contribution in [0.1, 0.15) is 29.8 Å². The van der Waals surface area contributed by atoms with Crippen molar-refractivity contribution in [1.29, 1.82) is 0 Å². The third-order valence-electron chi connectivity index (χ3n) is 4.81. The first kappa shape index (κ1) is 20.6. The second-order valence-corrected chi connectivity index (χ2v) is 7.45. The van der Waals surface area contributed by atoms with Crippen LogP contribution in [-0.4, -0.2) is 31.8 Å². The number of carbonyl (C=O) groups is 1. The molecule has 0 spiro atoms. The molecule has 0 amide bonds. The first-order chi connectivity index (χ1) is 15.0. The highest BCUT2D eigenvalue weighted by atomic mass is 35.5. The number of imidazole rings is 1. The highest BCUT2D eigenvalue weighted by Gasteiger charge is 2.16. The van der Waals surface area contributed by atoms with Crippen LogP contribution in [0.15, 0.2) is 66.9 Å². The number of H-pyrrole nitrogens is 1. The maximum Gasteiger partial charge on any atom is 0.182 e. The van der Waals surface area contributed by atoms with E-state index in [4.69, 9.17) is 11.6 Å². The van der Waals surface area contributed by atoms with Crippen molar-refractivity contribution in [2.45, 2.75) is 19.9 Å². The number of fused-ring (bicyclic) bond motifs is 1. The predicted octanol–water partition coefficient (Wildman–Crippen LogP) is 5.16. The molecular weight excluding hydrogens is 412 g/mol.